The van der Waals surface area contributed by atoms with Crippen LogP contribution < -0.4 is 10.6 Å². The molecule has 0 bridgehead atoms. The van der Waals surface area contributed by atoms with E-state index >= 15 is 0 Å². The Morgan fingerprint density at radius 2 is 1.08 bits per heavy atom. The number of hydrogen-bond donors (Lipinski definition) is 0. The van der Waals surface area contributed by atoms with Crippen LogP contribution in [0, 0.1) is 5.92 Å². The van der Waals surface area contributed by atoms with Gasteiger partial charge in [-0.25, -0.2) is 0 Å². The summed E-state index contributed by atoms with van der Waals surface area (Å²) < 4.78 is 0. The minimum Gasteiger partial charge on any atom is -0.0918 e. The van der Waals surface area contributed by atoms with Gasteiger partial charge >= 0.3 is 0 Å². The van der Waals surface area contributed by atoms with E-state index in [9.17, 15) is 0 Å². The van der Waals surface area contributed by atoms with Gasteiger partial charge in [0.25, 0.3) is 0 Å². The van der Waals surface area contributed by atoms with Crippen LogP contribution in [0.3, 0.4) is 0 Å². The molecule has 4 aromatic rings. The van der Waals surface area contributed by atoms with Crippen molar-refractivity contribution in [3.63, 3.8) is 0 Å². The van der Waals surface area contributed by atoms with Gasteiger partial charge in [-0.15, -0.1) is 0 Å². The van der Waals surface area contributed by atoms with Crippen LogP contribution in [0.25, 0.3) is 21.5 Å². The molecule has 0 spiro atoms. The molecule has 1 unspecified atom stereocenters. The molecule has 190 valence electrons. The van der Waals surface area contributed by atoms with Gasteiger partial charge in [-0.1, -0.05) is 160 Å². The standard InChI is InChI=1S/C35H40P2/c1-25(37(34(2,3)4)35(5,6)7)28-21-14-24-31(28)36(32-22-12-17-26-15-8-10-19-29(26)32)33-23-13-18-27-16-9-11-20-30(27)33/h8-25,28H,1-7H3/t25-,28?/m1/s1. The molecule has 0 amide bonds. The van der Waals surface area contributed by atoms with Crippen molar-refractivity contribution < 1.29 is 0 Å². The second-order valence-corrected chi connectivity index (χ2v) is 18.7. The molecule has 0 fully saturated rings. The maximum Gasteiger partial charge on any atom is 0.00971 e. The predicted octanol–water partition coefficient (Wildman–Crippen LogP) is 9.96. The number of benzene rings is 4. The molecule has 2 atom stereocenters. The molecular weight excluding hydrogens is 482 g/mol. The lowest BCUT2D eigenvalue weighted by Gasteiger charge is -2.48. The fraction of sp³-hybridized carbons (Fsp3) is 0.314. The van der Waals surface area contributed by atoms with Crippen molar-refractivity contribution in [3.8, 4) is 0 Å². The fourth-order valence-electron chi connectivity index (χ4n) is 6.72. The zero-order valence-electron chi connectivity index (χ0n) is 23.4. The monoisotopic (exact) mass is 522 g/mol. The zero-order chi connectivity index (χ0) is 26.4. The highest BCUT2D eigenvalue weighted by molar-refractivity contribution is 7.77. The number of rotatable bonds is 5. The Labute approximate surface area is 226 Å². The van der Waals surface area contributed by atoms with E-state index in [0.717, 1.165) is 0 Å². The summed E-state index contributed by atoms with van der Waals surface area (Å²) >= 11 is 0. The molecule has 0 heterocycles. The van der Waals surface area contributed by atoms with E-state index in [1.165, 1.54) is 32.2 Å². The summed E-state index contributed by atoms with van der Waals surface area (Å²) in [6, 6.07) is 31.7. The third kappa shape index (κ3) is 5.09. The van der Waals surface area contributed by atoms with Crippen molar-refractivity contribution in [3.05, 3.63) is 108 Å². The Hall–Kier alpha value is -2.26. The van der Waals surface area contributed by atoms with Gasteiger partial charge in [0.05, 0.1) is 0 Å². The van der Waals surface area contributed by atoms with Crippen molar-refractivity contribution in [2.45, 2.75) is 64.4 Å². The topological polar surface area (TPSA) is 0 Å². The van der Waals surface area contributed by atoms with Crippen molar-refractivity contribution >= 4 is 48.0 Å². The molecule has 1 aliphatic rings. The molecule has 2 heteroatoms. The Morgan fingerprint density at radius 1 is 0.622 bits per heavy atom. The second kappa shape index (κ2) is 10.1. The van der Waals surface area contributed by atoms with Gasteiger partial charge in [-0.05, 0) is 61.4 Å². The minimum atomic E-state index is -0.711. The molecule has 0 radical (unpaired) electrons. The Balaban J connectivity index is 1.72. The zero-order valence-corrected chi connectivity index (χ0v) is 25.2. The predicted molar refractivity (Wildman–Crippen MR) is 171 cm³/mol. The maximum absolute atomic E-state index is 2.54. The fourth-order valence-corrected chi connectivity index (χ4v) is 14.9. The van der Waals surface area contributed by atoms with E-state index in [1.807, 2.05) is 0 Å². The molecule has 4 aromatic carbocycles. The summed E-state index contributed by atoms with van der Waals surface area (Å²) in [5.74, 6) is 0.452. The smallest absolute Gasteiger partial charge is 0.00971 e. The lowest BCUT2D eigenvalue weighted by Crippen LogP contribution is -2.34. The molecule has 0 N–H and O–H groups in total. The molecule has 5 rings (SSSR count). The van der Waals surface area contributed by atoms with Gasteiger partial charge in [0.2, 0.25) is 0 Å². The second-order valence-electron chi connectivity index (χ2n) is 12.3. The quantitative estimate of drug-likeness (QED) is 0.229. The highest BCUT2D eigenvalue weighted by atomic mass is 31.1. The summed E-state index contributed by atoms with van der Waals surface area (Å²) in [4.78, 5) is 0. The summed E-state index contributed by atoms with van der Waals surface area (Å²) in [6.07, 6.45) is 7.33. The molecule has 37 heavy (non-hydrogen) atoms. The first-order valence-corrected chi connectivity index (χ1v) is 16.3. The highest BCUT2D eigenvalue weighted by Crippen LogP contribution is 2.67. The van der Waals surface area contributed by atoms with E-state index in [-0.39, 0.29) is 18.2 Å². The summed E-state index contributed by atoms with van der Waals surface area (Å²) in [6.45, 7) is 17.3. The van der Waals surface area contributed by atoms with E-state index in [1.54, 1.807) is 5.31 Å². The minimum absolute atomic E-state index is 0.255. The molecular formula is C35H40P2. The van der Waals surface area contributed by atoms with Gasteiger partial charge in [0, 0.05) is 5.92 Å². The lowest BCUT2D eigenvalue weighted by atomic mass is 10.1. The third-order valence-electron chi connectivity index (χ3n) is 7.57. The first kappa shape index (κ1) is 26.4. The normalized spacial score (nSPS) is 17.2. The Bertz CT molecular complexity index is 1370. The first-order valence-electron chi connectivity index (χ1n) is 13.5. The number of hydrogen-bond acceptors (Lipinski definition) is 0. The van der Waals surface area contributed by atoms with Crippen LogP contribution in [0.4, 0.5) is 0 Å². The first-order chi connectivity index (χ1) is 17.6. The van der Waals surface area contributed by atoms with Gasteiger partial charge in [-0.3, -0.25) is 0 Å². The van der Waals surface area contributed by atoms with Gasteiger partial charge in [-0.2, -0.15) is 0 Å². The summed E-state index contributed by atoms with van der Waals surface area (Å²) in [5, 5.41) is 10.6. The van der Waals surface area contributed by atoms with Gasteiger partial charge in [0.1, 0.15) is 0 Å². The molecule has 0 aliphatic heterocycles. The summed E-state index contributed by atoms with van der Waals surface area (Å²) in [5.41, 5.74) is 0.593. The van der Waals surface area contributed by atoms with Gasteiger partial charge in [0.15, 0.2) is 0 Å². The van der Waals surface area contributed by atoms with Crippen molar-refractivity contribution in [2.75, 3.05) is 0 Å². The summed E-state index contributed by atoms with van der Waals surface area (Å²) in [7, 11) is -0.966. The van der Waals surface area contributed by atoms with Crippen LogP contribution in [0.15, 0.2) is 108 Å². The Kier molecular flexibility index (Phi) is 7.22. The molecule has 0 nitrogen and oxygen atoms in total. The average Bonchev–Trinajstić information content (AvgIpc) is 3.32. The van der Waals surface area contributed by atoms with Crippen LogP contribution in [0.1, 0.15) is 48.5 Å². The SMILES string of the molecule is C[C@H](C1C=CC=C1P(c1cccc2ccccc12)c1cccc2ccccc12)P(C(C)(C)C)C(C)(C)C. The highest BCUT2D eigenvalue weighted by Gasteiger charge is 2.43. The third-order valence-corrected chi connectivity index (χ3v) is 14.3. The van der Waals surface area contributed by atoms with E-state index < -0.39 is 7.92 Å². The van der Waals surface area contributed by atoms with Crippen molar-refractivity contribution in [1.82, 2.24) is 0 Å². The van der Waals surface area contributed by atoms with Crippen LogP contribution >= 0.6 is 15.8 Å². The van der Waals surface area contributed by atoms with E-state index in [0.29, 0.717) is 11.6 Å². The van der Waals surface area contributed by atoms with Gasteiger partial charge < -0.3 is 0 Å². The van der Waals surface area contributed by atoms with Crippen molar-refractivity contribution in [2.24, 2.45) is 5.92 Å². The molecule has 1 aliphatic carbocycles. The lowest BCUT2D eigenvalue weighted by molar-refractivity contribution is 0.658. The van der Waals surface area contributed by atoms with E-state index in [4.69, 9.17) is 0 Å². The van der Waals surface area contributed by atoms with E-state index in [2.05, 4.69) is 152 Å². The van der Waals surface area contributed by atoms with Crippen molar-refractivity contribution in [1.29, 1.82) is 0 Å². The van der Waals surface area contributed by atoms with Crippen LogP contribution in [0.5, 0.6) is 0 Å². The Morgan fingerprint density at radius 3 is 1.57 bits per heavy atom. The average molecular weight is 523 g/mol. The molecule has 0 saturated heterocycles. The number of fused-ring (bicyclic) bond motifs is 2. The maximum atomic E-state index is 2.54. The van der Waals surface area contributed by atoms with Crippen LogP contribution in [-0.2, 0) is 0 Å². The molecule has 0 aromatic heterocycles. The van der Waals surface area contributed by atoms with Crippen LogP contribution in [-0.4, -0.2) is 16.0 Å². The molecule has 0 saturated carbocycles. The largest absolute Gasteiger partial charge is 0.0918 e. The van der Waals surface area contributed by atoms with Crippen LogP contribution in [0.2, 0.25) is 0 Å². The number of allylic oxidation sites excluding steroid dienone is 4.